The molecule has 0 amide bonds. The highest BCUT2D eigenvalue weighted by molar-refractivity contribution is 7.89. The molecular weight excluding hydrogens is 310 g/mol. The summed E-state index contributed by atoms with van der Waals surface area (Å²) in [6.45, 7) is 2.08. The molecule has 1 heterocycles. The number of hydrogen-bond acceptors (Lipinski definition) is 4. The molecule has 21 heavy (non-hydrogen) atoms. The van der Waals surface area contributed by atoms with Crippen LogP contribution in [0.15, 0.2) is 47.6 Å². The quantitative estimate of drug-likeness (QED) is 0.882. The number of nitrogens with two attached hydrogens (primary N) is 1. The zero-order valence-corrected chi connectivity index (χ0v) is 13.0. The molecule has 0 aliphatic carbocycles. The van der Waals surface area contributed by atoms with Gasteiger partial charge in [0.2, 0.25) is 0 Å². The summed E-state index contributed by atoms with van der Waals surface area (Å²) >= 11 is 5.82. The zero-order valence-electron chi connectivity index (χ0n) is 11.5. The molecule has 1 aromatic heterocycles. The first-order valence-corrected chi connectivity index (χ1v) is 8.21. The van der Waals surface area contributed by atoms with Gasteiger partial charge in [-0.2, -0.15) is 0 Å². The number of rotatable bonds is 5. The molecule has 1 unspecified atom stereocenters. The Kier molecular flexibility index (Phi) is 4.95. The third-order valence-corrected chi connectivity index (χ3v) is 4.72. The highest BCUT2D eigenvalue weighted by atomic mass is 35.5. The lowest BCUT2D eigenvalue weighted by atomic mass is 10.1. The van der Waals surface area contributed by atoms with Crippen LogP contribution in [0.2, 0.25) is 5.02 Å². The van der Waals surface area contributed by atoms with E-state index in [1.54, 1.807) is 37.3 Å². The molecule has 1 aromatic carbocycles. The Bertz CT molecular complexity index is 700. The van der Waals surface area contributed by atoms with Crippen LogP contribution in [-0.4, -0.2) is 13.4 Å². The van der Waals surface area contributed by atoms with E-state index in [1.165, 1.54) is 12.3 Å². The van der Waals surface area contributed by atoms with Gasteiger partial charge >= 0.3 is 0 Å². The molecular formula is C14H16ClN3O2S. The van der Waals surface area contributed by atoms with E-state index in [0.717, 1.165) is 11.1 Å². The van der Waals surface area contributed by atoms with Gasteiger partial charge in [0, 0.05) is 23.8 Å². The molecule has 5 nitrogen and oxygen atoms in total. The van der Waals surface area contributed by atoms with Gasteiger partial charge in [-0.05, 0) is 36.2 Å². The topological polar surface area (TPSA) is 85.1 Å². The first kappa shape index (κ1) is 15.9. The highest BCUT2D eigenvalue weighted by Gasteiger charge is 2.19. The average molecular weight is 326 g/mol. The lowest BCUT2D eigenvalue weighted by Gasteiger charge is -2.14. The number of pyridine rings is 1. The van der Waals surface area contributed by atoms with E-state index in [0.29, 0.717) is 11.6 Å². The standard InChI is InChI=1S/C14H16ClN3O2S/c1-10(12-3-5-13(15)6-4-12)18-21(19,20)14-7-2-11(8-16)9-17-14/h2-7,9-10,18H,8,16H2,1H3. The van der Waals surface area contributed by atoms with Crippen LogP contribution in [0, 0.1) is 0 Å². The first-order chi connectivity index (χ1) is 9.92. The summed E-state index contributed by atoms with van der Waals surface area (Å²) in [6, 6.07) is 9.70. The lowest BCUT2D eigenvalue weighted by Crippen LogP contribution is -2.27. The Labute approximate surface area is 129 Å². The van der Waals surface area contributed by atoms with Crippen LogP contribution in [-0.2, 0) is 16.6 Å². The maximum atomic E-state index is 12.3. The van der Waals surface area contributed by atoms with Crippen molar-refractivity contribution in [3.05, 3.63) is 58.7 Å². The van der Waals surface area contributed by atoms with E-state index < -0.39 is 10.0 Å². The van der Waals surface area contributed by atoms with Crippen LogP contribution < -0.4 is 10.5 Å². The van der Waals surface area contributed by atoms with E-state index in [9.17, 15) is 8.42 Å². The number of sulfonamides is 1. The van der Waals surface area contributed by atoms with Gasteiger partial charge in [0.05, 0.1) is 0 Å². The minimum Gasteiger partial charge on any atom is -0.326 e. The van der Waals surface area contributed by atoms with Gasteiger partial charge in [0.1, 0.15) is 0 Å². The third-order valence-electron chi connectivity index (χ3n) is 3.01. The van der Waals surface area contributed by atoms with Crippen molar-refractivity contribution >= 4 is 21.6 Å². The van der Waals surface area contributed by atoms with Crippen molar-refractivity contribution in [3.8, 4) is 0 Å². The smallest absolute Gasteiger partial charge is 0.258 e. The molecule has 0 saturated carbocycles. The predicted octanol–water partition coefficient (Wildman–Crippen LogP) is 2.23. The van der Waals surface area contributed by atoms with Crippen molar-refractivity contribution in [1.82, 2.24) is 9.71 Å². The molecule has 0 saturated heterocycles. The van der Waals surface area contributed by atoms with Crippen molar-refractivity contribution in [3.63, 3.8) is 0 Å². The van der Waals surface area contributed by atoms with E-state index in [1.807, 2.05) is 0 Å². The fourth-order valence-electron chi connectivity index (χ4n) is 1.80. The molecule has 7 heteroatoms. The third kappa shape index (κ3) is 4.01. The fourth-order valence-corrected chi connectivity index (χ4v) is 3.09. The van der Waals surface area contributed by atoms with Crippen molar-refractivity contribution in [1.29, 1.82) is 0 Å². The van der Waals surface area contributed by atoms with E-state index in [2.05, 4.69) is 9.71 Å². The van der Waals surface area contributed by atoms with Crippen molar-refractivity contribution in [2.24, 2.45) is 5.73 Å². The maximum absolute atomic E-state index is 12.3. The zero-order chi connectivity index (χ0) is 15.5. The number of halogens is 1. The Morgan fingerprint density at radius 2 is 1.90 bits per heavy atom. The summed E-state index contributed by atoms with van der Waals surface area (Å²) in [5, 5.41) is 0.577. The van der Waals surface area contributed by atoms with Gasteiger partial charge in [-0.1, -0.05) is 29.8 Å². The molecule has 0 radical (unpaired) electrons. The van der Waals surface area contributed by atoms with Crippen molar-refractivity contribution in [2.75, 3.05) is 0 Å². The summed E-state index contributed by atoms with van der Waals surface area (Å²) in [6.07, 6.45) is 1.46. The number of nitrogens with one attached hydrogen (secondary N) is 1. The molecule has 2 rings (SSSR count). The number of aromatic nitrogens is 1. The van der Waals surface area contributed by atoms with E-state index >= 15 is 0 Å². The summed E-state index contributed by atoms with van der Waals surface area (Å²) in [5.41, 5.74) is 7.06. The van der Waals surface area contributed by atoms with Crippen molar-refractivity contribution < 1.29 is 8.42 Å². The molecule has 0 spiro atoms. The van der Waals surface area contributed by atoms with Crippen LogP contribution >= 0.6 is 11.6 Å². The Morgan fingerprint density at radius 3 is 2.43 bits per heavy atom. The van der Waals surface area contributed by atoms with Crippen LogP contribution in [0.25, 0.3) is 0 Å². The molecule has 0 aliphatic rings. The SMILES string of the molecule is CC(NS(=O)(=O)c1ccc(CN)cn1)c1ccc(Cl)cc1. The van der Waals surface area contributed by atoms with Gasteiger partial charge in [-0.25, -0.2) is 18.1 Å². The molecule has 112 valence electrons. The number of nitrogens with zero attached hydrogens (tertiary/aromatic N) is 1. The van der Waals surface area contributed by atoms with Crippen LogP contribution in [0.4, 0.5) is 0 Å². The average Bonchev–Trinajstić information content (AvgIpc) is 2.47. The largest absolute Gasteiger partial charge is 0.326 e. The summed E-state index contributed by atoms with van der Waals surface area (Å²) < 4.78 is 27.1. The minimum absolute atomic E-state index is 0.0273. The van der Waals surface area contributed by atoms with E-state index in [-0.39, 0.29) is 11.1 Å². The Hall–Kier alpha value is -1.47. The van der Waals surface area contributed by atoms with Crippen LogP contribution in [0.1, 0.15) is 24.1 Å². The van der Waals surface area contributed by atoms with Gasteiger partial charge in [-0.3, -0.25) is 0 Å². The molecule has 0 bridgehead atoms. The first-order valence-electron chi connectivity index (χ1n) is 6.35. The molecule has 1 atom stereocenters. The second kappa shape index (κ2) is 6.53. The van der Waals surface area contributed by atoms with Gasteiger partial charge < -0.3 is 5.73 Å². The van der Waals surface area contributed by atoms with Crippen LogP contribution in [0.3, 0.4) is 0 Å². The second-order valence-electron chi connectivity index (χ2n) is 4.60. The van der Waals surface area contributed by atoms with Gasteiger partial charge in [0.15, 0.2) is 5.03 Å². The normalized spacial score (nSPS) is 13.1. The summed E-state index contributed by atoms with van der Waals surface area (Å²) in [4.78, 5) is 3.93. The number of hydrogen-bond donors (Lipinski definition) is 2. The summed E-state index contributed by atoms with van der Waals surface area (Å²) in [5.74, 6) is 0. The summed E-state index contributed by atoms with van der Waals surface area (Å²) in [7, 11) is -3.68. The predicted molar refractivity (Wildman–Crippen MR) is 82.3 cm³/mol. The number of benzene rings is 1. The molecule has 2 aromatic rings. The fraction of sp³-hybridized carbons (Fsp3) is 0.214. The molecule has 3 N–H and O–H groups in total. The van der Waals surface area contributed by atoms with E-state index in [4.69, 9.17) is 17.3 Å². The maximum Gasteiger partial charge on any atom is 0.258 e. The minimum atomic E-state index is -3.68. The van der Waals surface area contributed by atoms with Crippen LogP contribution in [0.5, 0.6) is 0 Å². The molecule has 0 aliphatic heterocycles. The Balaban J connectivity index is 2.17. The lowest BCUT2D eigenvalue weighted by molar-refractivity contribution is 0.563. The highest BCUT2D eigenvalue weighted by Crippen LogP contribution is 2.18. The van der Waals surface area contributed by atoms with Gasteiger partial charge in [-0.15, -0.1) is 0 Å². The second-order valence-corrected chi connectivity index (χ2v) is 6.70. The molecule has 0 fully saturated rings. The van der Waals surface area contributed by atoms with Crippen molar-refractivity contribution in [2.45, 2.75) is 24.5 Å². The Morgan fingerprint density at radius 1 is 1.24 bits per heavy atom. The van der Waals surface area contributed by atoms with Gasteiger partial charge in [0.25, 0.3) is 10.0 Å². The monoisotopic (exact) mass is 325 g/mol.